The first-order valence-corrected chi connectivity index (χ1v) is 7.17. The van der Waals surface area contributed by atoms with E-state index in [9.17, 15) is 0 Å². The van der Waals surface area contributed by atoms with Crippen molar-refractivity contribution >= 4 is 11.6 Å². The normalized spacial score (nSPS) is 13.2. The Hall–Kier alpha value is -0.610. The SMILES string of the molecule is COCCN(CCC(N)c1ccccc1Cl)C(C)C. The van der Waals surface area contributed by atoms with Gasteiger partial charge in [-0.1, -0.05) is 29.8 Å². The van der Waals surface area contributed by atoms with Crippen LogP contribution in [0.5, 0.6) is 0 Å². The van der Waals surface area contributed by atoms with Gasteiger partial charge in [0.15, 0.2) is 0 Å². The Morgan fingerprint density at radius 2 is 1.95 bits per heavy atom. The molecule has 1 rings (SSSR count). The Morgan fingerprint density at radius 3 is 2.53 bits per heavy atom. The van der Waals surface area contributed by atoms with Gasteiger partial charge in [0.05, 0.1) is 6.61 Å². The van der Waals surface area contributed by atoms with Crippen LogP contribution in [0.1, 0.15) is 31.9 Å². The van der Waals surface area contributed by atoms with E-state index < -0.39 is 0 Å². The van der Waals surface area contributed by atoms with Crippen LogP contribution in [0.15, 0.2) is 24.3 Å². The maximum atomic E-state index is 6.23. The van der Waals surface area contributed by atoms with Crippen LogP contribution in [0, 0.1) is 0 Å². The predicted molar refractivity (Wildman–Crippen MR) is 81.6 cm³/mol. The summed E-state index contributed by atoms with van der Waals surface area (Å²) in [5, 5.41) is 0.753. The molecule has 0 amide bonds. The van der Waals surface area contributed by atoms with Crippen LogP contribution in [-0.2, 0) is 4.74 Å². The number of methoxy groups -OCH3 is 1. The topological polar surface area (TPSA) is 38.5 Å². The first kappa shape index (κ1) is 16.4. The summed E-state index contributed by atoms with van der Waals surface area (Å²) in [5.74, 6) is 0. The lowest BCUT2D eigenvalue weighted by Gasteiger charge is -2.27. The van der Waals surface area contributed by atoms with Gasteiger partial charge in [0.25, 0.3) is 0 Å². The van der Waals surface area contributed by atoms with E-state index in [4.69, 9.17) is 22.1 Å². The molecule has 1 atom stereocenters. The van der Waals surface area contributed by atoms with Crippen molar-refractivity contribution in [3.63, 3.8) is 0 Å². The molecule has 0 spiro atoms. The zero-order valence-electron chi connectivity index (χ0n) is 12.1. The summed E-state index contributed by atoms with van der Waals surface area (Å²) in [5.41, 5.74) is 7.26. The summed E-state index contributed by atoms with van der Waals surface area (Å²) in [6.07, 6.45) is 0.894. The number of ether oxygens (including phenoxy) is 1. The third-order valence-corrected chi connectivity index (χ3v) is 3.69. The molecule has 0 saturated carbocycles. The molecule has 1 aromatic carbocycles. The Labute approximate surface area is 121 Å². The fourth-order valence-corrected chi connectivity index (χ4v) is 2.35. The Morgan fingerprint density at radius 1 is 1.26 bits per heavy atom. The van der Waals surface area contributed by atoms with E-state index in [2.05, 4.69) is 18.7 Å². The van der Waals surface area contributed by atoms with Crippen LogP contribution < -0.4 is 5.73 Å². The molecule has 0 aliphatic heterocycles. The molecule has 1 aromatic rings. The molecule has 0 bridgehead atoms. The van der Waals surface area contributed by atoms with Gasteiger partial charge < -0.3 is 10.5 Å². The molecule has 1 unspecified atom stereocenters. The molecular weight excluding hydrogens is 260 g/mol. The van der Waals surface area contributed by atoms with E-state index in [1.165, 1.54) is 0 Å². The highest BCUT2D eigenvalue weighted by Gasteiger charge is 2.14. The second-order valence-corrected chi connectivity index (χ2v) is 5.45. The molecule has 0 aromatic heterocycles. The van der Waals surface area contributed by atoms with Crippen molar-refractivity contribution in [2.75, 3.05) is 26.8 Å². The lowest BCUT2D eigenvalue weighted by molar-refractivity contribution is 0.127. The van der Waals surface area contributed by atoms with Gasteiger partial charge in [0, 0.05) is 37.3 Å². The fraction of sp³-hybridized carbons (Fsp3) is 0.600. The molecule has 0 heterocycles. The molecule has 3 nitrogen and oxygen atoms in total. The second kappa shape index (κ2) is 8.54. The largest absolute Gasteiger partial charge is 0.383 e. The van der Waals surface area contributed by atoms with Crippen LogP contribution >= 0.6 is 11.6 Å². The second-order valence-electron chi connectivity index (χ2n) is 5.04. The summed E-state index contributed by atoms with van der Waals surface area (Å²) >= 11 is 6.17. The quantitative estimate of drug-likeness (QED) is 0.797. The molecule has 19 heavy (non-hydrogen) atoms. The summed E-state index contributed by atoms with van der Waals surface area (Å²) in [7, 11) is 1.73. The van der Waals surface area contributed by atoms with Crippen molar-refractivity contribution in [1.82, 2.24) is 4.90 Å². The van der Waals surface area contributed by atoms with Crippen molar-refractivity contribution in [2.24, 2.45) is 5.73 Å². The zero-order chi connectivity index (χ0) is 14.3. The van der Waals surface area contributed by atoms with E-state index in [1.807, 2.05) is 24.3 Å². The minimum absolute atomic E-state index is 0.0162. The summed E-state index contributed by atoms with van der Waals surface area (Å²) < 4.78 is 5.14. The summed E-state index contributed by atoms with van der Waals surface area (Å²) in [4.78, 5) is 2.38. The van der Waals surface area contributed by atoms with Gasteiger partial charge >= 0.3 is 0 Å². The van der Waals surface area contributed by atoms with Gasteiger partial charge in [0.1, 0.15) is 0 Å². The number of nitrogens with zero attached hydrogens (tertiary/aromatic N) is 1. The van der Waals surface area contributed by atoms with E-state index >= 15 is 0 Å². The maximum Gasteiger partial charge on any atom is 0.0589 e. The molecule has 108 valence electrons. The van der Waals surface area contributed by atoms with Gasteiger partial charge in [-0.3, -0.25) is 4.90 Å². The third-order valence-electron chi connectivity index (χ3n) is 3.34. The molecular formula is C15H25ClN2O. The van der Waals surface area contributed by atoms with Crippen LogP contribution in [-0.4, -0.2) is 37.7 Å². The first-order chi connectivity index (χ1) is 9.06. The lowest BCUT2D eigenvalue weighted by Crippen LogP contribution is -2.36. The van der Waals surface area contributed by atoms with Crippen molar-refractivity contribution in [3.05, 3.63) is 34.9 Å². The molecule has 0 aliphatic carbocycles. The molecule has 0 fully saturated rings. The van der Waals surface area contributed by atoms with Gasteiger partial charge in [-0.25, -0.2) is 0 Å². The van der Waals surface area contributed by atoms with Crippen LogP contribution in [0.2, 0.25) is 5.02 Å². The number of hydrogen-bond acceptors (Lipinski definition) is 3. The Balaban J connectivity index is 2.52. The van der Waals surface area contributed by atoms with Crippen LogP contribution in [0.25, 0.3) is 0 Å². The number of benzene rings is 1. The Kier molecular flexibility index (Phi) is 7.39. The molecule has 0 radical (unpaired) electrons. The number of halogens is 1. The minimum atomic E-state index is -0.0162. The molecule has 4 heteroatoms. The van der Waals surface area contributed by atoms with E-state index in [0.717, 1.165) is 36.7 Å². The third kappa shape index (κ3) is 5.49. The van der Waals surface area contributed by atoms with Crippen molar-refractivity contribution < 1.29 is 4.74 Å². The van der Waals surface area contributed by atoms with Crippen molar-refractivity contribution in [1.29, 1.82) is 0 Å². The highest BCUT2D eigenvalue weighted by atomic mass is 35.5. The van der Waals surface area contributed by atoms with Gasteiger partial charge in [0.2, 0.25) is 0 Å². The van der Waals surface area contributed by atoms with Crippen LogP contribution in [0.3, 0.4) is 0 Å². The van der Waals surface area contributed by atoms with Crippen molar-refractivity contribution in [2.45, 2.75) is 32.4 Å². The highest BCUT2D eigenvalue weighted by molar-refractivity contribution is 6.31. The predicted octanol–water partition coefficient (Wildman–Crippen LogP) is 3.09. The van der Waals surface area contributed by atoms with Crippen molar-refractivity contribution in [3.8, 4) is 0 Å². The number of nitrogens with two attached hydrogens (primary N) is 1. The monoisotopic (exact) mass is 284 g/mol. The highest BCUT2D eigenvalue weighted by Crippen LogP contribution is 2.23. The van der Waals surface area contributed by atoms with Gasteiger partial charge in [-0.2, -0.15) is 0 Å². The standard InChI is InChI=1S/C15H25ClN2O/c1-12(2)18(10-11-19-3)9-8-15(17)13-6-4-5-7-14(13)16/h4-7,12,15H,8-11,17H2,1-3H3. The fourth-order valence-electron chi connectivity index (χ4n) is 2.07. The number of hydrogen-bond donors (Lipinski definition) is 1. The maximum absolute atomic E-state index is 6.23. The average molecular weight is 285 g/mol. The van der Waals surface area contributed by atoms with Crippen LogP contribution in [0.4, 0.5) is 0 Å². The zero-order valence-corrected chi connectivity index (χ0v) is 12.9. The van der Waals surface area contributed by atoms with Gasteiger partial charge in [-0.05, 0) is 31.9 Å². The van der Waals surface area contributed by atoms with E-state index in [1.54, 1.807) is 7.11 Å². The number of rotatable bonds is 8. The molecule has 2 N–H and O–H groups in total. The minimum Gasteiger partial charge on any atom is -0.383 e. The Bertz CT molecular complexity index is 371. The molecule has 0 saturated heterocycles. The summed E-state index contributed by atoms with van der Waals surface area (Å²) in [6.45, 7) is 7.02. The van der Waals surface area contributed by atoms with E-state index in [-0.39, 0.29) is 6.04 Å². The van der Waals surface area contributed by atoms with Gasteiger partial charge in [-0.15, -0.1) is 0 Å². The summed E-state index contributed by atoms with van der Waals surface area (Å²) in [6, 6.07) is 8.28. The average Bonchev–Trinajstić information content (AvgIpc) is 2.38. The first-order valence-electron chi connectivity index (χ1n) is 6.79. The lowest BCUT2D eigenvalue weighted by atomic mass is 10.0. The molecule has 0 aliphatic rings. The van der Waals surface area contributed by atoms with E-state index in [0.29, 0.717) is 6.04 Å². The smallest absolute Gasteiger partial charge is 0.0589 e.